The third-order valence-corrected chi connectivity index (χ3v) is 11.0. The molecule has 0 saturated carbocycles. The summed E-state index contributed by atoms with van der Waals surface area (Å²) in [5, 5.41) is 8.36. The van der Waals surface area contributed by atoms with Gasteiger partial charge in [-0.15, -0.1) is 17.8 Å². The second-order valence-corrected chi connectivity index (χ2v) is 14.0. The quantitative estimate of drug-likeness (QED) is 0.313. The van der Waals surface area contributed by atoms with E-state index in [0.717, 1.165) is 42.1 Å². The molecule has 0 spiro atoms. The molecule has 240 valence electrons. The first kappa shape index (κ1) is 31.5. The fourth-order valence-electron chi connectivity index (χ4n) is 7.21. The van der Waals surface area contributed by atoms with Crippen LogP contribution in [0.25, 0.3) is 0 Å². The van der Waals surface area contributed by atoms with E-state index in [0.29, 0.717) is 67.9 Å². The van der Waals surface area contributed by atoms with Crippen LogP contribution in [0.5, 0.6) is 0 Å². The lowest BCUT2D eigenvalue weighted by Gasteiger charge is -2.41. The first-order chi connectivity index (χ1) is 21.8. The number of hydrogen-bond acceptors (Lipinski definition) is 6. The number of piperidine rings is 3. The van der Waals surface area contributed by atoms with Gasteiger partial charge in [-0.25, -0.2) is 9.59 Å². The highest BCUT2D eigenvalue weighted by Gasteiger charge is 2.36. The number of likely N-dealkylation sites (tertiary alicyclic amines) is 3. The first-order valence-electron chi connectivity index (χ1n) is 16.1. The molecule has 4 N–H and O–H groups in total. The highest BCUT2D eigenvalue weighted by Crippen LogP contribution is 2.32. The van der Waals surface area contributed by atoms with Crippen LogP contribution in [0.4, 0.5) is 21.0 Å². The molecule has 0 radical (unpaired) electrons. The summed E-state index contributed by atoms with van der Waals surface area (Å²) in [7, 11) is 0. The van der Waals surface area contributed by atoms with Crippen molar-refractivity contribution in [3.8, 4) is 12.3 Å². The van der Waals surface area contributed by atoms with Gasteiger partial charge in [0.05, 0.1) is 22.9 Å². The van der Waals surface area contributed by atoms with Crippen LogP contribution in [-0.4, -0.2) is 95.0 Å². The predicted molar refractivity (Wildman–Crippen MR) is 178 cm³/mol. The van der Waals surface area contributed by atoms with Crippen molar-refractivity contribution in [2.45, 2.75) is 76.0 Å². The standard InChI is InChI=1S/C33H42ClN7O3S/c1-2-23-18-22(19-26(34)30(23)35)20-28(31(42)39-13-6-24(7-14-39)38-11-4-3-5-12-38)37-32(43)40-15-8-25(9-16-40)41-21-29-27(10-17-45-29)36-33(41)44/h1,10,17-19,24-25,28H,3-9,11-16,20-21,35H2,(H,36,44)(H,37,43)/t28-/m1/s1. The van der Waals surface area contributed by atoms with Gasteiger partial charge >= 0.3 is 12.1 Å². The number of benzene rings is 1. The molecule has 3 fully saturated rings. The molecular formula is C33H42ClN7O3S. The molecular weight excluding hydrogens is 610 g/mol. The fraction of sp³-hybridized carbons (Fsp3) is 0.545. The number of urea groups is 2. The number of nitrogens with two attached hydrogens (primary N) is 1. The van der Waals surface area contributed by atoms with E-state index >= 15 is 0 Å². The minimum absolute atomic E-state index is 0.0435. The molecule has 1 aromatic heterocycles. The first-order valence-corrected chi connectivity index (χ1v) is 17.3. The highest BCUT2D eigenvalue weighted by atomic mass is 35.5. The number of nitrogen functional groups attached to an aromatic ring is 1. The van der Waals surface area contributed by atoms with Gasteiger partial charge in [-0.2, -0.15) is 0 Å². The number of hydrogen-bond donors (Lipinski definition) is 3. The van der Waals surface area contributed by atoms with E-state index in [9.17, 15) is 14.4 Å². The second kappa shape index (κ2) is 13.9. The van der Waals surface area contributed by atoms with Crippen molar-refractivity contribution < 1.29 is 14.4 Å². The van der Waals surface area contributed by atoms with Crippen LogP contribution < -0.4 is 16.4 Å². The average Bonchev–Trinajstić information content (AvgIpc) is 3.53. The molecule has 4 aliphatic rings. The number of carbonyl (C=O) groups excluding carboxylic acids is 3. The van der Waals surface area contributed by atoms with E-state index in [-0.39, 0.29) is 30.4 Å². The summed E-state index contributed by atoms with van der Waals surface area (Å²) in [6.45, 7) is 5.19. The molecule has 6 rings (SSSR count). The van der Waals surface area contributed by atoms with Crippen LogP contribution in [0.2, 0.25) is 5.02 Å². The SMILES string of the molecule is C#Cc1cc(C[C@@H](NC(=O)N2CCC(N3Cc4sccc4NC3=O)CC2)C(=O)N2CCC(N3CCCCC3)CC2)cc(Cl)c1N. The van der Waals surface area contributed by atoms with Gasteiger partial charge in [0, 0.05) is 55.1 Å². The number of rotatable bonds is 6. The summed E-state index contributed by atoms with van der Waals surface area (Å²) in [6.07, 6.45) is 12.9. The summed E-state index contributed by atoms with van der Waals surface area (Å²) >= 11 is 8.03. The molecule has 0 bridgehead atoms. The van der Waals surface area contributed by atoms with Gasteiger partial charge in [0.15, 0.2) is 0 Å². The van der Waals surface area contributed by atoms with Crippen molar-refractivity contribution in [1.29, 1.82) is 0 Å². The molecule has 3 saturated heterocycles. The third-order valence-electron chi connectivity index (χ3n) is 9.82. The van der Waals surface area contributed by atoms with E-state index in [4.69, 9.17) is 23.8 Å². The Balaban J connectivity index is 1.11. The molecule has 12 heteroatoms. The number of fused-ring (bicyclic) bond motifs is 1. The maximum atomic E-state index is 14.0. The lowest BCUT2D eigenvalue weighted by Crippen LogP contribution is -2.57. The Bertz CT molecular complexity index is 1450. The second-order valence-electron chi connectivity index (χ2n) is 12.6. The maximum absolute atomic E-state index is 14.0. The molecule has 1 atom stereocenters. The van der Waals surface area contributed by atoms with Crippen LogP contribution in [0.1, 0.15) is 60.9 Å². The Hall–Kier alpha value is -3.46. The van der Waals surface area contributed by atoms with Crippen molar-refractivity contribution in [3.05, 3.63) is 44.6 Å². The molecule has 5 heterocycles. The Morgan fingerprint density at radius 2 is 1.73 bits per heavy atom. The van der Waals surface area contributed by atoms with E-state index in [1.54, 1.807) is 28.4 Å². The van der Waals surface area contributed by atoms with E-state index in [1.807, 2.05) is 21.2 Å². The van der Waals surface area contributed by atoms with Crippen LogP contribution >= 0.6 is 22.9 Å². The van der Waals surface area contributed by atoms with E-state index < -0.39 is 6.04 Å². The number of thiophene rings is 1. The van der Waals surface area contributed by atoms with Crippen LogP contribution in [0.15, 0.2) is 23.6 Å². The molecule has 0 aliphatic carbocycles. The van der Waals surface area contributed by atoms with Gasteiger partial charge in [0.25, 0.3) is 0 Å². The molecule has 5 amide bonds. The van der Waals surface area contributed by atoms with E-state index in [2.05, 4.69) is 21.5 Å². The number of nitrogens with one attached hydrogen (secondary N) is 2. The Labute approximate surface area is 274 Å². The van der Waals surface area contributed by atoms with Gasteiger partial charge in [0.1, 0.15) is 6.04 Å². The minimum atomic E-state index is -0.780. The summed E-state index contributed by atoms with van der Waals surface area (Å²) in [5.74, 6) is 2.48. The van der Waals surface area contributed by atoms with Gasteiger partial charge < -0.3 is 36.0 Å². The number of halogens is 1. The molecule has 2 aromatic rings. The topological polar surface area (TPSA) is 114 Å². The van der Waals surface area contributed by atoms with Gasteiger partial charge in [-0.3, -0.25) is 4.79 Å². The van der Waals surface area contributed by atoms with Gasteiger partial charge in [-0.1, -0.05) is 23.9 Å². The zero-order chi connectivity index (χ0) is 31.5. The van der Waals surface area contributed by atoms with Gasteiger partial charge in [0.2, 0.25) is 5.91 Å². The summed E-state index contributed by atoms with van der Waals surface area (Å²) < 4.78 is 0. The number of carbonyl (C=O) groups is 3. The van der Waals surface area contributed by atoms with Crippen LogP contribution in [-0.2, 0) is 17.8 Å². The zero-order valence-electron chi connectivity index (χ0n) is 25.6. The maximum Gasteiger partial charge on any atom is 0.322 e. The normalized spacial score (nSPS) is 20.7. The number of nitrogens with zero attached hydrogens (tertiary/aromatic N) is 4. The molecule has 10 nitrogen and oxygen atoms in total. The Morgan fingerprint density at radius 1 is 1.04 bits per heavy atom. The molecule has 0 unspecified atom stereocenters. The third kappa shape index (κ3) is 7.03. The summed E-state index contributed by atoms with van der Waals surface area (Å²) in [6, 6.07) is 4.82. The van der Waals surface area contributed by atoms with Crippen molar-refractivity contribution in [2.75, 3.05) is 50.3 Å². The Kier molecular flexibility index (Phi) is 9.73. The summed E-state index contributed by atoms with van der Waals surface area (Å²) in [5.41, 5.74) is 8.49. The monoisotopic (exact) mass is 651 g/mol. The minimum Gasteiger partial charge on any atom is -0.397 e. The van der Waals surface area contributed by atoms with Crippen LogP contribution in [0.3, 0.4) is 0 Å². The number of amides is 5. The van der Waals surface area contributed by atoms with E-state index in [1.165, 1.54) is 19.3 Å². The van der Waals surface area contributed by atoms with Crippen molar-refractivity contribution >= 4 is 52.3 Å². The summed E-state index contributed by atoms with van der Waals surface area (Å²) in [4.78, 5) is 49.7. The highest BCUT2D eigenvalue weighted by molar-refractivity contribution is 7.10. The number of anilines is 2. The average molecular weight is 652 g/mol. The van der Waals surface area contributed by atoms with Crippen molar-refractivity contribution in [3.63, 3.8) is 0 Å². The molecule has 45 heavy (non-hydrogen) atoms. The largest absolute Gasteiger partial charge is 0.397 e. The lowest BCUT2D eigenvalue weighted by molar-refractivity contribution is -0.134. The van der Waals surface area contributed by atoms with Crippen molar-refractivity contribution in [1.82, 2.24) is 24.9 Å². The Morgan fingerprint density at radius 3 is 2.44 bits per heavy atom. The molecule has 1 aromatic carbocycles. The fourth-order valence-corrected chi connectivity index (χ4v) is 8.28. The predicted octanol–water partition coefficient (Wildman–Crippen LogP) is 4.57. The zero-order valence-corrected chi connectivity index (χ0v) is 27.2. The van der Waals surface area contributed by atoms with Crippen LogP contribution in [0, 0.1) is 12.3 Å². The van der Waals surface area contributed by atoms with Gasteiger partial charge in [-0.05, 0) is 80.8 Å². The van der Waals surface area contributed by atoms with Crippen molar-refractivity contribution in [2.24, 2.45) is 0 Å². The smallest absolute Gasteiger partial charge is 0.322 e. The number of terminal acetylenes is 1. The lowest BCUT2D eigenvalue weighted by atomic mass is 9.97. The molecule has 4 aliphatic heterocycles.